The van der Waals surface area contributed by atoms with E-state index in [0.29, 0.717) is 11.5 Å². The molecule has 2 aliphatic rings. The molecular weight excluding hydrogens is 253 g/mol. The Morgan fingerprint density at radius 1 is 1.45 bits per heavy atom. The third kappa shape index (κ3) is 2.83. The molecule has 110 valence electrons. The van der Waals surface area contributed by atoms with Gasteiger partial charge in [0, 0.05) is 18.0 Å². The van der Waals surface area contributed by atoms with Crippen molar-refractivity contribution in [3.05, 3.63) is 29.6 Å². The Hall–Kier alpha value is -1.09. The van der Waals surface area contributed by atoms with E-state index >= 15 is 0 Å². The van der Waals surface area contributed by atoms with Gasteiger partial charge in [0.05, 0.1) is 0 Å². The van der Waals surface area contributed by atoms with Crippen molar-refractivity contribution in [3.63, 3.8) is 0 Å². The van der Waals surface area contributed by atoms with Crippen molar-refractivity contribution in [2.75, 3.05) is 6.54 Å². The SMILES string of the molecule is CCNC1CCC(C)(CC2Cc3cc(F)ccc3O2)C1. The third-order valence-corrected chi connectivity index (χ3v) is 4.81. The summed E-state index contributed by atoms with van der Waals surface area (Å²) in [6, 6.07) is 5.53. The Balaban J connectivity index is 1.60. The summed E-state index contributed by atoms with van der Waals surface area (Å²) in [4.78, 5) is 0. The topological polar surface area (TPSA) is 21.3 Å². The van der Waals surface area contributed by atoms with Crippen molar-refractivity contribution in [1.82, 2.24) is 5.32 Å². The molecule has 0 amide bonds. The van der Waals surface area contributed by atoms with Crippen LogP contribution in [0.25, 0.3) is 0 Å². The molecule has 1 fully saturated rings. The Kier molecular flexibility index (Phi) is 3.72. The second kappa shape index (κ2) is 5.36. The molecule has 1 aromatic rings. The Bertz CT molecular complexity index is 490. The van der Waals surface area contributed by atoms with Crippen LogP contribution < -0.4 is 10.1 Å². The summed E-state index contributed by atoms with van der Waals surface area (Å²) in [7, 11) is 0. The van der Waals surface area contributed by atoms with Gasteiger partial charge in [-0.3, -0.25) is 0 Å². The zero-order valence-corrected chi connectivity index (χ0v) is 12.4. The first kappa shape index (κ1) is 13.9. The molecule has 1 aliphatic heterocycles. The van der Waals surface area contributed by atoms with Crippen LogP contribution in [-0.4, -0.2) is 18.7 Å². The van der Waals surface area contributed by atoms with Gasteiger partial charge in [-0.2, -0.15) is 0 Å². The number of hydrogen-bond donors (Lipinski definition) is 1. The van der Waals surface area contributed by atoms with E-state index in [1.807, 2.05) is 0 Å². The van der Waals surface area contributed by atoms with E-state index in [-0.39, 0.29) is 11.9 Å². The monoisotopic (exact) mass is 277 g/mol. The first-order chi connectivity index (χ1) is 9.58. The Morgan fingerprint density at radius 3 is 3.10 bits per heavy atom. The van der Waals surface area contributed by atoms with Crippen molar-refractivity contribution >= 4 is 0 Å². The van der Waals surface area contributed by atoms with Crippen LogP contribution in [-0.2, 0) is 6.42 Å². The molecule has 0 bridgehead atoms. The molecule has 0 aromatic heterocycles. The van der Waals surface area contributed by atoms with E-state index < -0.39 is 0 Å². The molecule has 20 heavy (non-hydrogen) atoms. The highest BCUT2D eigenvalue weighted by atomic mass is 19.1. The highest BCUT2D eigenvalue weighted by molar-refractivity contribution is 5.37. The van der Waals surface area contributed by atoms with Crippen molar-refractivity contribution in [2.45, 2.75) is 58.1 Å². The van der Waals surface area contributed by atoms with Gasteiger partial charge in [-0.05, 0) is 55.8 Å². The van der Waals surface area contributed by atoms with Gasteiger partial charge in [0.2, 0.25) is 0 Å². The molecule has 0 spiro atoms. The van der Waals surface area contributed by atoms with Gasteiger partial charge in [0.15, 0.2) is 0 Å². The summed E-state index contributed by atoms with van der Waals surface area (Å²) >= 11 is 0. The average Bonchev–Trinajstić information content (AvgIpc) is 2.93. The molecule has 1 N–H and O–H groups in total. The molecule has 1 heterocycles. The van der Waals surface area contributed by atoms with Gasteiger partial charge in [-0.25, -0.2) is 4.39 Å². The van der Waals surface area contributed by atoms with E-state index in [1.54, 1.807) is 12.1 Å². The second-order valence-corrected chi connectivity index (χ2v) is 6.71. The van der Waals surface area contributed by atoms with Gasteiger partial charge in [0.25, 0.3) is 0 Å². The van der Waals surface area contributed by atoms with E-state index in [1.165, 1.54) is 25.3 Å². The fraction of sp³-hybridized carbons (Fsp3) is 0.647. The molecule has 3 atom stereocenters. The van der Waals surface area contributed by atoms with Gasteiger partial charge >= 0.3 is 0 Å². The van der Waals surface area contributed by atoms with Crippen molar-refractivity contribution in [1.29, 1.82) is 0 Å². The fourth-order valence-corrected chi connectivity index (χ4v) is 3.92. The third-order valence-electron chi connectivity index (χ3n) is 4.81. The van der Waals surface area contributed by atoms with Crippen LogP contribution in [0.4, 0.5) is 4.39 Å². The summed E-state index contributed by atoms with van der Waals surface area (Å²) in [5, 5.41) is 3.56. The van der Waals surface area contributed by atoms with Crippen molar-refractivity contribution < 1.29 is 9.13 Å². The molecule has 1 saturated carbocycles. The summed E-state index contributed by atoms with van der Waals surface area (Å²) < 4.78 is 19.2. The predicted octanol–water partition coefficient (Wildman–Crippen LogP) is 3.69. The number of ether oxygens (including phenoxy) is 1. The van der Waals surface area contributed by atoms with Gasteiger partial charge in [-0.15, -0.1) is 0 Å². The molecule has 3 heteroatoms. The van der Waals surface area contributed by atoms with E-state index in [0.717, 1.165) is 30.7 Å². The number of benzene rings is 1. The summed E-state index contributed by atoms with van der Waals surface area (Å²) in [5.74, 6) is 0.716. The number of rotatable bonds is 4. The van der Waals surface area contributed by atoms with E-state index in [9.17, 15) is 4.39 Å². The molecule has 3 rings (SSSR count). The summed E-state index contributed by atoms with van der Waals surface area (Å²) in [5.41, 5.74) is 1.39. The molecular formula is C17H24FNO. The van der Waals surface area contributed by atoms with Gasteiger partial charge < -0.3 is 10.1 Å². The summed E-state index contributed by atoms with van der Waals surface area (Å²) in [6.45, 7) is 5.59. The van der Waals surface area contributed by atoms with Gasteiger partial charge in [-0.1, -0.05) is 13.8 Å². The number of halogens is 1. The van der Waals surface area contributed by atoms with Crippen LogP contribution in [0.5, 0.6) is 5.75 Å². The normalized spacial score (nSPS) is 32.1. The number of fused-ring (bicyclic) bond motifs is 1. The predicted molar refractivity (Wildman–Crippen MR) is 78.6 cm³/mol. The lowest BCUT2D eigenvalue weighted by atomic mass is 9.82. The average molecular weight is 277 g/mol. The first-order valence-corrected chi connectivity index (χ1v) is 7.76. The van der Waals surface area contributed by atoms with E-state index in [4.69, 9.17) is 4.74 Å². The van der Waals surface area contributed by atoms with Crippen LogP contribution in [0.1, 0.15) is 45.1 Å². The Labute approximate surface area is 120 Å². The zero-order valence-electron chi connectivity index (χ0n) is 12.4. The minimum absolute atomic E-state index is 0.160. The standard InChI is InChI=1S/C17H24FNO/c1-3-19-14-6-7-17(2,10-14)11-15-9-12-8-13(18)4-5-16(12)20-15/h4-5,8,14-15,19H,3,6-7,9-11H2,1-2H3. The van der Waals surface area contributed by atoms with Gasteiger partial charge in [0.1, 0.15) is 17.7 Å². The van der Waals surface area contributed by atoms with E-state index in [2.05, 4.69) is 19.2 Å². The maximum absolute atomic E-state index is 13.2. The smallest absolute Gasteiger partial charge is 0.123 e. The number of nitrogens with one attached hydrogen (secondary N) is 1. The fourth-order valence-electron chi connectivity index (χ4n) is 3.92. The Morgan fingerprint density at radius 2 is 2.30 bits per heavy atom. The number of hydrogen-bond acceptors (Lipinski definition) is 2. The quantitative estimate of drug-likeness (QED) is 0.906. The lowest BCUT2D eigenvalue weighted by Crippen LogP contribution is -2.29. The lowest BCUT2D eigenvalue weighted by Gasteiger charge is -2.27. The minimum Gasteiger partial charge on any atom is -0.490 e. The highest BCUT2D eigenvalue weighted by Gasteiger charge is 2.38. The van der Waals surface area contributed by atoms with Crippen LogP contribution in [0.2, 0.25) is 0 Å². The van der Waals surface area contributed by atoms with Crippen LogP contribution >= 0.6 is 0 Å². The summed E-state index contributed by atoms with van der Waals surface area (Å²) in [6.07, 6.45) is 5.90. The van der Waals surface area contributed by atoms with Crippen molar-refractivity contribution in [2.24, 2.45) is 5.41 Å². The molecule has 0 radical (unpaired) electrons. The molecule has 3 unspecified atom stereocenters. The maximum Gasteiger partial charge on any atom is 0.123 e. The van der Waals surface area contributed by atoms with Crippen LogP contribution in [0.15, 0.2) is 18.2 Å². The zero-order chi connectivity index (χ0) is 14.2. The van der Waals surface area contributed by atoms with Crippen molar-refractivity contribution in [3.8, 4) is 5.75 Å². The van der Waals surface area contributed by atoms with Crippen LogP contribution in [0, 0.1) is 11.2 Å². The molecule has 0 saturated heterocycles. The van der Waals surface area contributed by atoms with Crippen LogP contribution in [0.3, 0.4) is 0 Å². The lowest BCUT2D eigenvalue weighted by molar-refractivity contribution is 0.147. The second-order valence-electron chi connectivity index (χ2n) is 6.71. The maximum atomic E-state index is 13.2. The largest absolute Gasteiger partial charge is 0.490 e. The minimum atomic E-state index is -0.160. The first-order valence-electron chi connectivity index (χ1n) is 7.76. The molecule has 1 aliphatic carbocycles. The highest BCUT2D eigenvalue weighted by Crippen LogP contribution is 2.44. The molecule has 1 aromatic carbocycles. The molecule has 2 nitrogen and oxygen atoms in total.